The van der Waals surface area contributed by atoms with Gasteiger partial charge >= 0.3 is 11.9 Å². The van der Waals surface area contributed by atoms with Crippen LogP contribution in [-0.2, 0) is 33.5 Å². The summed E-state index contributed by atoms with van der Waals surface area (Å²) in [5, 5.41) is 30.0. The van der Waals surface area contributed by atoms with E-state index in [1.165, 1.54) is 0 Å². The maximum Gasteiger partial charge on any atom is 0.321 e. The summed E-state index contributed by atoms with van der Waals surface area (Å²) < 4.78 is 0. The lowest BCUT2D eigenvalue weighted by atomic mass is 9.76. The first-order valence-electron chi connectivity index (χ1n) is 22.8. The monoisotopic (exact) mass is 892 g/mol. The van der Waals surface area contributed by atoms with Crippen molar-refractivity contribution in [3.63, 3.8) is 0 Å². The SMILES string of the molecule is O=C(O)C(Cc1c[nH]c2ccccc12)NC(c1ccccc1)(c1ccccc1)c1ccccc1.O=C(O)[C@@H](Cc1c[nH]c2ccccc12)NC(c1ccccc1)(c1ccccc1)c1ccccc1. The summed E-state index contributed by atoms with van der Waals surface area (Å²) in [5.41, 5.74) is 8.15. The normalized spacial score (nSPS) is 12.5. The maximum absolute atomic E-state index is 12.7. The van der Waals surface area contributed by atoms with Crippen LogP contribution in [0, 0.1) is 0 Å². The molecule has 0 aliphatic rings. The number of hydrogen-bond acceptors (Lipinski definition) is 4. The van der Waals surface area contributed by atoms with Crippen LogP contribution in [0.3, 0.4) is 0 Å². The van der Waals surface area contributed by atoms with E-state index in [1.54, 1.807) is 0 Å². The minimum absolute atomic E-state index is 0.341. The van der Waals surface area contributed by atoms with Gasteiger partial charge in [0.15, 0.2) is 0 Å². The van der Waals surface area contributed by atoms with Crippen molar-refractivity contribution >= 4 is 33.7 Å². The van der Waals surface area contributed by atoms with Crippen LogP contribution in [0.2, 0.25) is 0 Å². The first kappa shape index (κ1) is 44.9. The minimum Gasteiger partial charge on any atom is -0.480 e. The molecule has 0 saturated carbocycles. The van der Waals surface area contributed by atoms with Crippen LogP contribution in [0.1, 0.15) is 44.5 Å². The smallest absolute Gasteiger partial charge is 0.321 e. The third-order valence-electron chi connectivity index (χ3n) is 12.8. The van der Waals surface area contributed by atoms with Gasteiger partial charge in [-0.2, -0.15) is 0 Å². The summed E-state index contributed by atoms with van der Waals surface area (Å²) in [6.07, 6.45) is 4.51. The number of carbonyl (C=O) groups is 2. The second kappa shape index (κ2) is 20.5. The highest BCUT2D eigenvalue weighted by atomic mass is 16.4. The molecule has 2 aromatic heterocycles. The van der Waals surface area contributed by atoms with Gasteiger partial charge in [0.25, 0.3) is 0 Å². The molecule has 0 saturated heterocycles. The van der Waals surface area contributed by atoms with Crippen molar-refractivity contribution in [3.05, 3.63) is 287 Å². The summed E-state index contributed by atoms with van der Waals surface area (Å²) in [6.45, 7) is 0. The van der Waals surface area contributed by atoms with Crippen molar-refractivity contribution < 1.29 is 19.8 Å². The first-order chi connectivity index (χ1) is 33.4. The van der Waals surface area contributed by atoms with Gasteiger partial charge in [-0.1, -0.05) is 218 Å². The molecule has 0 bridgehead atoms. The fourth-order valence-corrected chi connectivity index (χ4v) is 9.59. The molecule has 8 heteroatoms. The Morgan fingerprint density at radius 1 is 0.368 bits per heavy atom. The van der Waals surface area contributed by atoms with Gasteiger partial charge in [-0.05, 0) is 56.6 Å². The molecule has 1 unspecified atom stereocenters. The molecule has 10 aromatic rings. The number of carboxylic acids is 2. The van der Waals surface area contributed by atoms with Crippen LogP contribution in [0.4, 0.5) is 0 Å². The zero-order valence-corrected chi connectivity index (χ0v) is 37.4. The van der Waals surface area contributed by atoms with Crippen LogP contribution in [0.15, 0.2) is 243 Å². The number of nitrogens with one attached hydrogen (secondary N) is 4. The first-order valence-corrected chi connectivity index (χ1v) is 22.8. The summed E-state index contributed by atoms with van der Waals surface area (Å²) in [6, 6.07) is 74.7. The fraction of sp³-hybridized carbons (Fsp3) is 0.100. The van der Waals surface area contributed by atoms with E-state index in [1.807, 2.05) is 170 Å². The van der Waals surface area contributed by atoms with Gasteiger partial charge in [-0.3, -0.25) is 20.2 Å². The van der Waals surface area contributed by atoms with Crippen LogP contribution in [0.25, 0.3) is 21.8 Å². The molecule has 10 rings (SSSR count). The van der Waals surface area contributed by atoms with Crippen molar-refractivity contribution in [1.82, 2.24) is 20.6 Å². The molecule has 2 heterocycles. The molecular weight excluding hydrogens is 841 g/mol. The molecule has 6 N–H and O–H groups in total. The molecule has 8 aromatic carbocycles. The van der Waals surface area contributed by atoms with E-state index in [0.29, 0.717) is 12.8 Å². The predicted octanol–water partition coefficient (Wildman–Crippen LogP) is 11.5. The zero-order chi connectivity index (χ0) is 46.8. The number of aromatic amines is 2. The number of carboxylic acid groups (broad SMARTS) is 2. The van der Waals surface area contributed by atoms with Crippen LogP contribution >= 0.6 is 0 Å². The van der Waals surface area contributed by atoms with Gasteiger partial charge in [0, 0.05) is 47.0 Å². The van der Waals surface area contributed by atoms with E-state index in [2.05, 4.69) is 93.4 Å². The average Bonchev–Trinajstić information content (AvgIpc) is 4.02. The number of aromatic nitrogens is 2. The molecule has 336 valence electrons. The number of aliphatic carboxylic acids is 2. The highest BCUT2D eigenvalue weighted by Gasteiger charge is 2.41. The number of rotatable bonds is 16. The molecule has 0 amide bonds. The number of hydrogen-bond donors (Lipinski definition) is 6. The van der Waals surface area contributed by atoms with E-state index in [-0.39, 0.29) is 0 Å². The van der Waals surface area contributed by atoms with Gasteiger partial charge in [-0.15, -0.1) is 0 Å². The topological polar surface area (TPSA) is 130 Å². The van der Waals surface area contributed by atoms with E-state index in [9.17, 15) is 19.8 Å². The molecule has 68 heavy (non-hydrogen) atoms. The lowest BCUT2D eigenvalue weighted by Gasteiger charge is -2.39. The molecule has 2 atom stereocenters. The molecule has 0 aliphatic heterocycles. The fourth-order valence-electron chi connectivity index (χ4n) is 9.59. The Morgan fingerprint density at radius 2 is 0.603 bits per heavy atom. The van der Waals surface area contributed by atoms with Gasteiger partial charge < -0.3 is 20.2 Å². The third-order valence-corrected chi connectivity index (χ3v) is 12.8. The summed E-state index contributed by atoms with van der Waals surface area (Å²) in [4.78, 5) is 31.9. The Morgan fingerprint density at radius 3 is 0.853 bits per heavy atom. The Hall–Kier alpha value is -8.30. The highest BCUT2D eigenvalue weighted by molar-refractivity contribution is 5.85. The van der Waals surface area contributed by atoms with Gasteiger partial charge in [0.1, 0.15) is 12.1 Å². The van der Waals surface area contributed by atoms with E-state index < -0.39 is 35.1 Å². The molecule has 8 nitrogen and oxygen atoms in total. The van der Waals surface area contributed by atoms with Crippen LogP contribution in [0.5, 0.6) is 0 Å². The molecular formula is C60H52N4O4. The van der Waals surface area contributed by atoms with Gasteiger partial charge in [-0.25, -0.2) is 0 Å². The second-order valence-corrected chi connectivity index (χ2v) is 16.9. The van der Waals surface area contributed by atoms with E-state index in [4.69, 9.17) is 0 Å². The molecule has 0 aliphatic carbocycles. The van der Waals surface area contributed by atoms with Crippen LogP contribution in [-0.4, -0.2) is 44.2 Å². The Bertz CT molecular complexity index is 2780. The van der Waals surface area contributed by atoms with Crippen molar-refractivity contribution in [1.29, 1.82) is 0 Å². The summed E-state index contributed by atoms with van der Waals surface area (Å²) in [7, 11) is 0. The maximum atomic E-state index is 12.7. The van der Waals surface area contributed by atoms with Crippen molar-refractivity contribution in [2.75, 3.05) is 0 Å². The van der Waals surface area contributed by atoms with Crippen LogP contribution < -0.4 is 10.6 Å². The third kappa shape index (κ3) is 9.24. The number of H-pyrrole nitrogens is 2. The largest absolute Gasteiger partial charge is 0.480 e. The summed E-state index contributed by atoms with van der Waals surface area (Å²) >= 11 is 0. The van der Waals surface area contributed by atoms with Crippen molar-refractivity contribution in [2.45, 2.75) is 36.0 Å². The minimum atomic E-state index is -0.891. The Balaban J connectivity index is 0.000000170. The molecule has 0 radical (unpaired) electrons. The summed E-state index contributed by atoms with van der Waals surface area (Å²) in [5.74, 6) is -1.78. The Kier molecular flexibility index (Phi) is 13.5. The zero-order valence-electron chi connectivity index (χ0n) is 37.4. The van der Waals surface area contributed by atoms with Gasteiger partial charge in [0.05, 0.1) is 11.1 Å². The number of benzene rings is 8. The predicted molar refractivity (Wildman–Crippen MR) is 272 cm³/mol. The van der Waals surface area contributed by atoms with E-state index >= 15 is 0 Å². The second-order valence-electron chi connectivity index (χ2n) is 16.9. The van der Waals surface area contributed by atoms with E-state index in [0.717, 1.165) is 66.3 Å². The molecule has 0 fully saturated rings. The standard InChI is InChI=1S/2C30H26N2O2/c2*33-29(34)28(20-22-21-31-27-19-11-10-18-26(22)27)32-30(23-12-4-1-5-13-23,24-14-6-2-7-15-24)25-16-8-3-9-17-25/h2*1-19,21,28,31-32H,20H2,(H,33,34)/t28-;/m1./s1. The highest BCUT2D eigenvalue weighted by Crippen LogP contribution is 2.39. The number of fused-ring (bicyclic) bond motifs is 2. The average molecular weight is 893 g/mol. The molecule has 0 spiro atoms. The van der Waals surface area contributed by atoms with Gasteiger partial charge in [0.2, 0.25) is 0 Å². The lowest BCUT2D eigenvalue weighted by molar-refractivity contribution is -0.140. The Labute approximate surface area is 396 Å². The quantitative estimate of drug-likeness (QED) is 0.0536. The van der Waals surface area contributed by atoms with Crippen molar-refractivity contribution in [3.8, 4) is 0 Å². The van der Waals surface area contributed by atoms with Crippen molar-refractivity contribution in [2.24, 2.45) is 0 Å². The lowest BCUT2D eigenvalue weighted by Crippen LogP contribution is -2.53. The number of para-hydroxylation sites is 2.